The second-order valence-corrected chi connectivity index (χ2v) is 6.16. The summed E-state index contributed by atoms with van der Waals surface area (Å²) in [7, 11) is 4.10. The predicted octanol–water partition coefficient (Wildman–Crippen LogP) is 3.37. The molecule has 108 valence electrons. The van der Waals surface area contributed by atoms with Gasteiger partial charge in [-0.15, -0.1) is 11.3 Å². The molecule has 0 unspecified atom stereocenters. The first-order valence-corrected chi connectivity index (χ1v) is 7.85. The van der Waals surface area contributed by atoms with Crippen molar-refractivity contribution in [2.45, 2.75) is 33.4 Å². The van der Waals surface area contributed by atoms with Crippen molar-refractivity contribution in [3.63, 3.8) is 0 Å². The van der Waals surface area contributed by atoms with Crippen molar-refractivity contribution in [3.05, 3.63) is 46.0 Å². The van der Waals surface area contributed by atoms with Crippen LogP contribution in [0, 0.1) is 6.92 Å². The Morgan fingerprint density at radius 3 is 2.80 bits per heavy atom. The Hall–Kier alpha value is -1.39. The minimum Gasteiger partial charge on any atom is -0.347 e. The van der Waals surface area contributed by atoms with Crippen LogP contribution < -0.4 is 10.2 Å². The molecule has 20 heavy (non-hydrogen) atoms. The van der Waals surface area contributed by atoms with Crippen LogP contribution in [0.3, 0.4) is 0 Å². The average molecular weight is 289 g/mol. The number of nitrogens with zero attached hydrogens (tertiary/aromatic N) is 2. The minimum absolute atomic E-state index is 0.900. The predicted molar refractivity (Wildman–Crippen MR) is 87.5 cm³/mol. The summed E-state index contributed by atoms with van der Waals surface area (Å²) >= 11 is 1.79. The van der Waals surface area contributed by atoms with Crippen molar-refractivity contribution in [2.24, 2.45) is 0 Å². The summed E-state index contributed by atoms with van der Waals surface area (Å²) in [4.78, 5) is 8.35. The quantitative estimate of drug-likeness (QED) is 0.883. The summed E-state index contributed by atoms with van der Waals surface area (Å²) in [6.45, 7) is 6.10. The van der Waals surface area contributed by atoms with Crippen LogP contribution in [0.5, 0.6) is 0 Å². The van der Waals surface area contributed by atoms with E-state index in [0.29, 0.717) is 0 Å². The molecule has 0 amide bonds. The topological polar surface area (TPSA) is 28.2 Å². The van der Waals surface area contributed by atoms with Crippen molar-refractivity contribution < 1.29 is 0 Å². The summed E-state index contributed by atoms with van der Waals surface area (Å²) in [6, 6.07) is 8.66. The number of benzene rings is 1. The highest BCUT2D eigenvalue weighted by Crippen LogP contribution is 2.27. The van der Waals surface area contributed by atoms with Crippen LogP contribution in [-0.2, 0) is 19.5 Å². The van der Waals surface area contributed by atoms with Gasteiger partial charge in [0.2, 0.25) is 0 Å². The fourth-order valence-electron chi connectivity index (χ4n) is 2.26. The molecule has 1 N–H and O–H groups in total. The van der Waals surface area contributed by atoms with Gasteiger partial charge in [0.25, 0.3) is 0 Å². The standard InChI is InChI=1S/C16H23N3S/c1-5-14-15(10-17-3)20-16(18-14)19(4)11-13-8-6-7-12(2)9-13/h6-9,17H,5,10-11H2,1-4H3. The molecule has 0 fully saturated rings. The van der Waals surface area contributed by atoms with Crippen LogP contribution in [0.4, 0.5) is 5.13 Å². The van der Waals surface area contributed by atoms with E-state index in [2.05, 4.69) is 55.4 Å². The number of rotatable bonds is 6. The molecule has 0 saturated heterocycles. The maximum absolute atomic E-state index is 4.77. The van der Waals surface area contributed by atoms with E-state index in [1.807, 2.05) is 7.05 Å². The number of aryl methyl sites for hydroxylation is 2. The first-order chi connectivity index (χ1) is 9.63. The lowest BCUT2D eigenvalue weighted by Gasteiger charge is -2.16. The van der Waals surface area contributed by atoms with E-state index in [1.165, 1.54) is 21.7 Å². The Labute approximate surface area is 125 Å². The summed E-state index contributed by atoms with van der Waals surface area (Å²) in [6.07, 6.45) is 0.992. The molecule has 2 rings (SSSR count). The van der Waals surface area contributed by atoms with E-state index in [9.17, 15) is 0 Å². The van der Waals surface area contributed by atoms with Gasteiger partial charge in [0.05, 0.1) is 5.69 Å². The third-order valence-electron chi connectivity index (χ3n) is 3.27. The molecule has 3 nitrogen and oxygen atoms in total. The van der Waals surface area contributed by atoms with Crippen LogP contribution in [-0.4, -0.2) is 19.1 Å². The number of hydrogen-bond acceptors (Lipinski definition) is 4. The van der Waals surface area contributed by atoms with Crippen LogP contribution >= 0.6 is 11.3 Å². The zero-order valence-electron chi connectivity index (χ0n) is 12.7. The summed E-state index contributed by atoms with van der Waals surface area (Å²) in [5.41, 5.74) is 3.85. The number of anilines is 1. The van der Waals surface area contributed by atoms with Gasteiger partial charge in [-0.1, -0.05) is 36.8 Å². The van der Waals surface area contributed by atoms with E-state index in [1.54, 1.807) is 11.3 Å². The fourth-order valence-corrected chi connectivity index (χ4v) is 3.38. The van der Waals surface area contributed by atoms with Crippen molar-refractivity contribution in [2.75, 3.05) is 19.0 Å². The Morgan fingerprint density at radius 2 is 2.15 bits per heavy atom. The molecular weight excluding hydrogens is 266 g/mol. The highest BCUT2D eigenvalue weighted by molar-refractivity contribution is 7.15. The number of thiazole rings is 1. The monoisotopic (exact) mass is 289 g/mol. The zero-order chi connectivity index (χ0) is 14.5. The molecule has 0 saturated carbocycles. The number of nitrogens with one attached hydrogen (secondary N) is 1. The molecule has 0 spiro atoms. The van der Waals surface area contributed by atoms with Crippen LogP contribution in [0.2, 0.25) is 0 Å². The smallest absolute Gasteiger partial charge is 0.185 e. The lowest BCUT2D eigenvalue weighted by molar-refractivity contribution is 0.813. The van der Waals surface area contributed by atoms with Gasteiger partial charge in [-0.3, -0.25) is 0 Å². The van der Waals surface area contributed by atoms with Crippen LogP contribution in [0.25, 0.3) is 0 Å². The van der Waals surface area contributed by atoms with E-state index in [0.717, 1.165) is 24.6 Å². The van der Waals surface area contributed by atoms with E-state index in [4.69, 9.17) is 4.98 Å². The van der Waals surface area contributed by atoms with Gasteiger partial charge in [0, 0.05) is 25.0 Å². The highest BCUT2D eigenvalue weighted by Gasteiger charge is 2.12. The Kier molecular flexibility index (Phi) is 5.15. The van der Waals surface area contributed by atoms with Crippen molar-refractivity contribution in [1.29, 1.82) is 0 Å². The molecule has 1 aromatic carbocycles. The molecule has 0 aliphatic heterocycles. The largest absolute Gasteiger partial charge is 0.347 e. The molecule has 1 heterocycles. The molecule has 1 aromatic heterocycles. The minimum atomic E-state index is 0.900. The van der Waals surface area contributed by atoms with Gasteiger partial charge >= 0.3 is 0 Å². The Bertz CT molecular complexity index is 563. The van der Waals surface area contributed by atoms with Gasteiger partial charge < -0.3 is 10.2 Å². The summed E-state index contributed by atoms with van der Waals surface area (Å²) in [5.74, 6) is 0. The first-order valence-electron chi connectivity index (χ1n) is 7.04. The van der Waals surface area contributed by atoms with Gasteiger partial charge in [-0.2, -0.15) is 0 Å². The van der Waals surface area contributed by atoms with Crippen molar-refractivity contribution in [3.8, 4) is 0 Å². The molecule has 0 aliphatic carbocycles. The maximum Gasteiger partial charge on any atom is 0.185 e. The number of hydrogen-bond donors (Lipinski definition) is 1. The lowest BCUT2D eigenvalue weighted by atomic mass is 10.1. The normalized spacial score (nSPS) is 10.8. The Morgan fingerprint density at radius 1 is 1.35 bits per heavy atom. The molecule has 0 aliphatic rings. The maximum atomic E-state index is 4.77. The van der Waals surface area contributed by atoms with E-state index in [-0.39, 0.29) is 0 Å². The molecule has 4 heteroatoms. The molecule has 0 bridgehead atoms. The van der Waals surface area contributed by atoms with E-state index < -0.39 is 0 Å². The zero-order valence-corrected chi connectivity index (χ0v) is 13.5. The highest BCUT2D eigenvalue weighted by atomic mass is 32.1. The molecule has 0 radical (unpaired) electrons. The van der Waals surface area contributed by atoms with Gasteiger partial charge in [0.15, 0.2) is 5.13 Å². The third-order valence-corrected chi connectivity index (χ3v) is 4.48. The third kappa shape index (κ3) is 3.58. The van der Waals surface area contributed by atoms with Crippen molar-refractivity contribution in [1.82, 2.24) is 10.3 Å². The van der Waals surface area contributed by atoms with Crippen LogP contribution in [0.1, 0.15) is 28.6 Å². The van der Waals surface area contributed by atoms with Crippen LogP contribution in [0.15, 0.2) is 24.3 Å². The second kappa shape index (κ2) is 6.86. The van der Waals surface area contributed by atoms with Gasteiger partial charge in [-0.05, 0) is 26.0 Å². The Balaban J connectivity index is 2.14. The molecule has 2 aromatic rings. The lowest BCUT2D eigenvalue weighted by Crippen LogP contribution is -2.16. The van der Waals surface area contributed by atoms with Gasteiger partial charge in [0.1, 0.15) is 0 Å². The summed E-state index contributed by atoms with van der Waals surface area (Å²) < 4.78 is 0. The molecular formula is C16H23N3S. The molecule has 0 atom stereocenters. The number of aromatic nitrogens is 1. The van der Waals surface area contributed by atoms with Crippen molar-refractivity contribution >= 4 is 16.5 Å². The summed E-state index contributed by atoms with van der Waals surface area (Å²) in [5, 5.41) is 4.33. The fraction of sp³-hybridized carbons (Fsp3) is 0.438. The van der Waals surface area contributed by atoms with E-state index >= 15 is 0 Å². The second-order valence-electron chi connectivity index (χ2n) is 5.10. The average Bonchev–Trinajstić information content (AvgIpc) is 2.82. The SMILES string of the molecule is CCc1nc(N(C)Cc2cccc(C)c2)sc1CNC. The first kappa shape index (κ1) is 15.0. The van der Waals surface area contributed by atoms with Gasteiger partial charge in [-0.25, -0.2) is 4.98 Å².